The highest BCUT2D eigenvalue weighted by Gasteiger charge is 2.24. The quantitative estimate of drug-likeness (QED) is 0.781. The topological polar surface area (TPSA) is 76.4 Å². The van der Waals surface area contributed by atoms with Crippen molar-refractivity contribution in [3.63, 3.8) is 0 Å². The molecule has 0 radical (unpaired) electrons. The molecule has 4 N–H and O–H groups in total. The first-order valence-corrected chi connectivity index (χ1v) is 6.65. The van der Waals surface area contributed by atoms with E-state index in [4.69, 9.17) is 10.5 Å². The number of nitrogens with two attached hydrogens (primary N) is 1. The lowest BCUT2D eigenvalue weighted by Gasteiger charge is -2.31. The van der Waals surface area contributed by atoms with Crippen LogP contribution in [-0.4, -0.2) is 25.3 Å². The molecule has 5 nitrogen and oxygen atoms in total. The molecular weight excluding hydrogens is 242 g/mol. The normalized spacial score (nSPS) is 22.8. The molecule has 19 heavy (non-hydrogen) atoms. The molecule has 1 aliphatic carbocycles. The standard InChI is InChI=1S/C14H21N3O2/c1-19-13-8-3-2-7-12(13)16-10-5-4-6-11(9-10)17-14(15)18/h4-6,9,12-13,16H,2-3,7-8H2,1H3,(H3,15,17,18). The van der Waals surface area contributed by atoms with Crippen LogP contribution in [0.2, 0.25) is 0 Å². The van der Waals surface area contributed by atoms with Gasteiger partial charge in [-0.15, -0.1) is 0 Å². The van der Waals surface area contributed by atoms with Gasteiger partial charge in [-0.3, -0.25) is 0 Å². The summed E-state index contributed by atoms with van der Waals surface area (Å²) in [5.41, 5.74) is 6.78. The van der Waals surface area contributed by atoms with Gasteiger partial charge in [-0.2, -0.15) is 0 Å². The van der Waals surface area contributed by atoms with Crippen molar-refractivity contribution in [3.05, 3.63) is 24.3 Å². The second-order valence-corrected chi connectivity index (χ2v) is 4.88. The summed E-state index contributed by atoms with van der Waals surface area (Å²) in [5, 5.41) is 6.05. The fourth-order valence-electron chi connectivity index (χ4n) is 2.59. The number of carbonyl (C=O) groups excluding carboxylic acids is 1. The van der Waals surface area contributed by atoms with Crippen LogP contribution >= 0.6 is 0 Å². The van der Waals surface area contributed by atoms with Crippen LogP contribution in [0, 0.1) is 0 Å². The zero-order valence-corrected chi connectivity index (χ0v) is 11.2. The summed E-state index contributed by atoms with van der Waals surface area (Å²) in [7, 11) is 1.76. The molecule has 1 fully saturated rings. The molecule has 2 rings (SSSR count). The Balaban J connectivity index is 2.03. The lowest BCUT2D eigenvalue weighted by Crippen LogP contribution is -2.37. The van der Waals surface area contributed by atoms with Gasteiger partial charge in [0.05, 0.1) is 12.1 Å². The van der Waals surface area contributed by atoms with Crippen molar-refractivity contribution in [1.82, 2.24) is 0 Å². The molecule has 2 amide bonds. The van der Waals surface area contributed by atoms with E-state index in [1.165, 1.54) is 12.8 Å². The highest BCUT2D eigenvalue weighted by atomic mass is 16.5. The van der Waals surface area contributed by atoms with Crippen molar-refractivity contribution >= 4 is 17.4 Å². The van der Waals surface area contributed by atoms with Crippen LogP contribution in [0.4, 0.5) is 16.2 Å². The smallest absolute Gasteiger partial charge is 0.316 e. The van der Waals surface area contributed by atoms with Crippen molar-refractivity contribution in [1.29, 1.82) is 0 Å². The molecule has 0 saturated heterocycles. The first-order chi connectivity index (χ1) is 9.19. The number of hydrogen-bond donors (Lipinski definition) is 3. The van der Waals surface area contributed by atoms with Gasteiger partial charge in [0.25, 0.3) is 0 Å². The van der Waals surface area contributed by atoms with Crippen LogP contribution in [0.5, 0.6) is 0 Å². The monoisotopic (exact) mass is 263 g/mol. The summed E-state index contributed by atoms with van der Waals surface area (Å²) < 4.78 is 5.52. The van der Waals surface area contributed by atoms with Gasteiger partial charge in [-0.25, -0.2) is 4.79 Å². The average molecular weight is 263 g/mol. The Hall–Kier alpha value is -1.75. The Kier molecular flexibility index (Phi) is 4.63. The number of amides is 2. The minimum Gasteiger partial charge on any atom is -0.380 e. The molecule has 0 bridgehead atoms. The third-order valence-electron chi connectivity index (χ3n) is 3.49. The lowest BCUT2D eigenvalue weighted by atomic mass is 9.92. The second-order valence-electron chi connectivity index (χ2n) is 4.88. The number of rotatable bonds is 4. The highest BCUT2D eigenvalue weighted by molar-refractivity contribution is 5.88. The van der Waals surface area contributed by atoms with E-state index in [1.807, 2.05) is 24.3 Å². The number of primary amides is 1. The second kappa shape index (κ2) is 6.43. The van der Waals surface area contributed by atoms with Gasteiger partial charge < -0.3 is 21.1 Å². The van der Waals surface area contributed by atoms with Crippen LogP contribution in [0.15, 0.2) is 24.3 Å². The van der Waals surface area contributed by atoms with Gasteiger partial charge >= 0.3 is 6.03 Å². The Morgan fingerprint density at radius 1 is 1.32 bits per heavy atom. The molecule has 1 aromatic rings. The predicted octanol–water partition coefficient (Wildman–Crippen LogP) is 2.55. The molecule has 2 unspecified atom stereocenters. The number of benzene rings is 1. The number of nitrogens with one attached hydrogen (secondary N) is 2. The molecule has 1 saturated carbocycles. The maximum atomic E-state index is 10.8. The summed E-state index contributed by atoms with van der Waals surface area (Å²) in [6, 6.07) is 7.33. The molecule has 5 heteroatoms. The summed E-state index contributed by atoms with van der Waals surface area (Å²) in [6.45, 7) is 0. The van der Waals surface area contributed by atoms with Crippen molar-refractivity contribution in [2.45, 2.75) is 37.8 Å². The van der Waals surface area contributed by atoms with E-state index in [-0.39, 0.29) is 6.10 Å². The zero-order valence-electron chi connectivity index (χ0n) is 11.2. The number of urea groups is 1. The first kappa shape index (κ1) is 13.7. The Morgan fingerprint density at radius 2 is 2.05 bits per heavy atom. The van der Waals surface area contributed by atoms with E-state index >= 15 is 0 Å². The fourth-order valence-corrected chi connectivity index (χ4v) is 2.59. The van der Waals surface area contributed by atoms with E-state index < -0.39 is 6.03 Å². The SMILES string of the molecule is COC1CCCCC1Nc1cccc(NC(N)=O)c1. The summed E-state index contributed by atoms with van der Waals surface area (Å²) >= 11 is 0. The number of carbonyl (C=O) groups is 1. The number of ether oxygens (including phenoxy) is 1. The fraction of sp³-hybridized carbons (Fsp3) is 0.500. The summed E-state index contributed by atoms with van der Waals surface area (Å²) in [6.07, 6.45) is 4.89. The lowest BCUT2D eigenvalue weighted by molar-refractivity contribution is 0.0606. The van der Waals surface area contributed by atoms with Crippen LogP contribution in [0.1, 0.15) is 25.7 Å². The van der Waals surface area contributed by atoms with Gasteiger partial charge in [0.15, 0.2) is 0 Å². The Morgan fingerprint density at radius 3 is 2.79 bits per heavy atom. The largest absolute Gasteiger partial charge is 0.380 e. The summed E-state index contributed by atoms with van der Waals surface area (Å²) in [5.74, 6) is 0. The number of methoxy groups -OCH3 is 1. The van der Waals surface area contributed by atoms with E-state index in [0.29, 0.717) is 11.7 Å². The van der Waals surface area contributed by atoms with Crippen LogP contribution in [0.3, 0.4) is 0 Å². The first-order valence-electron chi connectivity index (χ1n) is 6.65. The van der Waals surface area contributed by atoms with Crippen molar-refractivity contribution in [3.8, 4) is 0 Å². The Bertz CT molecular complexity index is 436. The molecule has 0 spiro atoms. The number of hydrogen-bond acceptors (Lipinski definition) is 3. The number of anilines is 2. The molecule has 0 aromatic heterocycles. The van der Waals surface area contributed by atoms with Crippen LogP contribution in [-0.2, 0) is 4.74 Å². The van der Waals surface area contributed by atoms with Crippen molar-refractivity contribution in [2.75, 3.05) is 17.7 Å². The average Bonchev–Trinajstić information content (AvgIpc) is 2.39. The van der Waals surface area contributed by atoms with Crippen molar-refractivity contribution in [2.24, 2.45) is 5.73 Å². The molecular formula is C14H21N3O2. The maximum Gasteiger partial charge on any atom is 0.316 e. The van der Waals surface area contributed by atoms with Gasteiger partial charge in [-0.1, -0.05) is 18.9 Å². The van der Waals surface area contributed by atoms with E-state index in [0.717, 1.165) is 18.5 Å². The molecule has 0 aliphatic heterocycles. The molecule has 1 aromatic carbocycles. The van der Waals surface area contributed by atoms with E-state index in [9.17, 15) is 4.79 Å². The van der Waals surface area contributed by atoms with Gasteiger partial charge in [-0.05, 0) is 31.0 Å². The Labute approximate surface area is 113 Å². The van der Waals surface area contributed by atoms with Crippen LogP contribution in [0.25, 0.3) is 0 Å². The third-order valence-corrected chi connectivity index (χ3v) is 3.49. The minimum atomic E-state index is -0.551. The zero-order chi connectivity index (χ0) is 13.7. The van der Waals surface area contributed by atoms with Gasteiger partial charge in [0.2, 0.25) is 0 Å². The predicted molar refractivity (Wildman–Crippen MR) is 76.3 cm³/mol. The molecule has 1 aliphatic rings. The highest BCUT2D eigenvalue weighted by Crippen LogP contribution is 2.25. The third kappa shape index (κ3) is 3.86. The molecule has 0 heterocycles. The van der Waals surface area contributed by atoms with Crippen LogP contribution < -0.4 is 16.4 Å². The van der Waals surface area contributed by atoms with E-state index in [2.05, 4.69) is 10.6 Å². The van der Waals surface area contributed by atoms with E-state index in [1.54, 1.807) is 7.11 Å². The maximum absolute atomic E-state index is 10.8. The molecule has 2 atom stereocenters. The molecule has 104 valence electrons. The van der Waals surface area contributed by atoms with Gasteiger partial charge in [0.1, 0.15) is 0 Å². The summed E-state index contributed by atoms with van der Waals surface area (Å²) in [4.78, 5) is 10.8. The van der Waals surface area contributed by atoms with Crippen molar-refractivity contribution < 1.29 is 9.53 Å². The van der Waals surface area contributed by atoms with Gasteiger partial charge in [0, 0.05) is 18.5 Å². The minimum absolute atomic E-state index is 0.251.